The summed E-state index contributed by atoms with van der Waals surface area (Å²) in [6.07, 6.45) is 1.84. The lowest BCUT2D eigenvalue weighted by Gasteiger charge is -2.26. The van der Waals surface area contributed by atoms with Gasteiger partial charge in [-0.05, 0) is 66.0 Å². The first-order valence-electron chi connectivity index (χ1n) is 15.0. The number of carboxylic acid groups (broad SMARTS) is 1. The van der Waals surface area contributed by atoms with E-state index in [2.05, 4.69) is 28.4 Å². The van der Waals surface area contributed by atoms with Crippen molar-refractivity contribution in [2.75, 3.05) is 26.3 Å². The van der Waals surface area contributed by atoms with Gasteiger partial charge in [-0.2, -0.15) is 0 Å². The summed E-state index contributed by atoms with van der Waals surface area (Å²) in [6, 6.07) is 0. The number of carbonyl (C=O) groups excluding carboxylic acids is 3. The third kappa shape index (κ3) is 27.6. The summed E-state index contributed by atoms with van der Waals surface area (Å²) < 4.78 is 15.0. The highest BCUT2D eigenvalue weighted by molar-refractivity contribution is 6.45. The minimum Gasteiger partial charge on any atom is -0.481 e. The number of aliphatic hydroxyl groups is 1. The van der Waals surface area contributed by atoms with E-state index in [1.807, 2.05) is 27.7 Å². The Labute approximate surface area is 277 Å². The smallest absolute Gasteiger partial charge is 0.373 e. The maximum absolute atomic E-state index is 12.3. The number of ether oxygens (including phenoxy) is 3. The van der Waals surface area contributed by atoms with E-state index < -0.39 is 61.0 Å². The highest BCUT2D eigenvalue weighted by Gasteiger charge is 2.35. The largest absolute Gasteiger partial charge is 0.481 e. The summed E-state index contributed by atoms with van der Waals surface area (Å²) >= 11 is 0. The Kier molecular flexibility index (Phi) is 28.7. The van der Waals surface area contributed by atoms with Crippen LogP contribution in [-0.2, 0) is 33.4 Å². The molecule has 0 saturated heterocycles. The predicted octanol–water partition coefficient (Wildman–Crippen LogP) is 2.96. The fourth-order valence-electron chi connectivity index (χ4n) is 2.88. The molecule has 0 unspecified atom stereocenters. The number of nitrogens with one attached hydrogen (secondary N) is 2. The Morgan fingerprint density at radius 2 is 1.17 bits per heavy atom. The molecule has 2 atom stereocenters. The van der Waals surface area contributed by atoms with Gasteiger partial charge in [0.1, 0.15) is 13.2 Å². The molecule has 0 aromatic rings. The fourth-order valence-corrected chi connectivity index (χ4v) is 2.88. The molecule has 0 radical (unpaired) electrons. The van der Waals surface area contributed by atoms with Gasteiger partial charge in [0, 0.05) is 13.1 Å². The first-order valence-corrected chi connectivity index (χ1v) is 15.0. The van der Waals surface area contributed by atoms with E-state index in [1.54, 1.807) is 41.3 Å². The number of aliphatic hydroxyl groups excluding tert-OH is 1. The predicted molar refractivity (Wildman–Crippen MR) is 183 cm³/mol. The van der Waals surface area contributed by atoms with Crippen LogP contribution >= 0.6 is 0 Å². The van der Waals surface area contributed by atoms with E-state index in [-0.39, 0.29) is 45.6 Å². The molecule has 0 spiro atoms. The van der Waals surface area contributed by atoms with Gasteiger partial charge in [0.2, 0.25) is 0 Å². The summed E-state index contributed by atoms with van der Waals surface area (Å²) in [5.74, 6) is -2.05. The molecule has 0 bridgehead atoms. The average molecular weight is 660 g/mol. The van der Waals surface area contributed by atoms with Crippen LogP contribution < -0.4 is 10.5 Å². The lowest BCUT2D eigenvalue weighted by molar-refractivity contribution is -0.173. The Morgan fingerprint density at radius 1 is 0.783 bits per heavy atom. The van der Waals surface area contributed by atoms with Crippen molar-refractivity contribution >= 4 is 38.0 Å². The minimum atomic E-state index is -0.995. The zero-order chi connectivity index (χ0) is 36.0. The molecule has 0 fully saturated rings. The van der Waals surface area contributed by atoms with Crippen LogP contribution in [0.2, 0.25) is 13.6 Å². The molecule has 0 aliphatic carbocycles. The van der Waals surface area contributed by atoms with Crippen molar-refractivity contribution in [3.05, 3.63) is 25.3 Å². The SMILES string of the molecule is C.C=CCOC(=O)[C@@H](O)CC(C)C.C=CCOC(=O)[C@H](CC(C)C)OC(=O)C(C)(C)CNB(C)O.CB(O)NCC(C)(C)C(=O)O. The lowest BCUT2D eigenvalue weighted by Crippen LogP contribution is -2.44. The number of carboxylic acids is 1. The minimum absolute atomic E-state index is 0. The number of carbonyl (C=O) groups is 4. The molecule has 0 saturated carbocycles. The van der Waals surface area contributed by atoms with E-state index in [0.29, 0.717) is 12.8 Å². The highest BCUT2D eigenvalue weighted by atomic mass is 16.6. The molecule has 0 aromatic carbocycles. The Bertz CT molecular complexity index is 896. The van der Waals surface area contributed by atoms with Gasteiger partial charge in [0.25, 0.3) is 0 Å². The van der Waals surface area contributed by atoms with Crippen LogP contribution in [-0.4, -0.2) is 96.8 Å². The standard InChI is InChI=1S/C15H28BNO5.C9H16O3.C6H14BNO3.CH4/c1-7-8-21-13(18)12(9-11(2)3)22-14(19)15(4,5)10-17-16(6)20;1-4-5-12-9(11)8(10)6-7(2)3;1-6(2,5(9)10)4-8-7(3)11;/h7,11-12,17,20H,1,8-10H2,2-6H3;4,7-8,10H,1,5-6H2,2-3H3;8,11H,4H2,1-3H3,(H,9,10);1H4/t12-;8-;;/m00../s1. The molecule has 0 aliphatic rings. The van der Waals surface area contributed by atoms with Crippen LogP contribution in [0, 0.1) is 22.7 Å². The van der Waals surface area contributed by atoms with E-state index in [0.717, 1.165) is 0 Å². The second-order valence-electron chi connectivity index (χ2n) is 12.7. The number of hydrogen-bond acceptors (Lipinski definition) is 12. The van der Waals surface area contributed by atoms with Crippen molar-refractivity contribution < 1.29 is 53.6 Å². The summed E-state index contributed by atoms with van der Waals surface area (Å²) in [6.45, 7) is 25.0. The summed E-state index contributed by atoms with van der Waals surface area (Å²) in [5, 5.41) is 41.3. The van der Waals surface area contributed by atoms with Crippen LogP contribution in [0.25, 0.3) is 0 Å². The van der Waals surface area contributed by atoms with Crippen molar-refractivity contribution in [2.24, 2.45) is 22.7 Å². The van der Waals surface area contributed by atoms with Crippen LogP contribution in [0.4, 0.5) is 0 Å². The second kappa shape index (κ2) is 26.4. The number of rotatable bonds is 19. The Morgan fingerprint density at radius 3 is 1.52 bits per heavy atom. The van der Waals surface area contributed by atoms with Gasteiger partial charge in [-0.15, -0.1) is 0 Å². The fraction of sp³-hybridized carbons (Fsp3) is 0.742. The molecule has 0 amide bonds. The van der Waals surface area contributed by atoms with E-state index in [4.69, 9.17) is 19.6 Å². The molecule has 15 heteroatoms. The molecule has 0 rings (SSSR count). The summed E-state index contributed by atoms with van der Waals surface area (Å²) in [5.41, 5.74) is -1.69. The summed E-state index contributed by atoms with van der Waals surface area (Å²) in [7, 11) is -1.38. The van der Waals surface area contributed by atoms with Crippen molar-refractivity contribution in [3.63, 3.8) is 0 Å². The van der Waals surface area contributed by atoms with Gasteiger partial charge in [-0.1, -0.05) is 60.4 Å². The van der Waals surface area contributed by atoms with Crippen LogP contribution in [0.15, 0.2) is 25.3 Å². The van der Waals surface area contributed by atoms with Crippen LogP contribution in [0.3, 0.4) is 0 Å². The molecular formula is C31H62B2N2O11. The number of aliphatic carboxylic acids is 1. The molecule has 13 nitrogen and oxygen atoms in total. The lowest BCUT2D eigenvalue weighted by atomic mass is 9.84. The maximum Gasteiger partial charge on any atom is 0.373 e. The number of hydrogen-bond donors (Lipinski definition) is 6. The van der Waals surface area contributed by atoms with Gasteiger partial charge in [0.05, 0.1) is 10.8 Å². The topological polar surface area (TPSA) is 201 Å². The second-order valence-corrected chi connectivity index (χ2v) is 12.7. The zero-order valence-corrected chi connectivity index (χ0v) is 28.9. The van der Waals surface area contributed by atoms with Crippen molar-refractivity contribution in [2.45, 2.75) is 102 Å². The third-order valence-corrected chi connectivity index (χ3v) is 5.66. The van der Waals surface area contributed by atoms with E-state index >= 15 is 0 Å². The average Bonchev–Trinajstić information content (AvgIpc) is 2.92. The molecule has 268 valence electrons. The zero-order valence-electron chi connectivity index (χ0n) is 28.9. The monoisotopic (exact) mass is 660 g/mol. The maximum atomic E-state index is 12.3. The van der Waals surface area contributed by atoms with Crippen LogP contribution in [0.5, 0.6) is 0 Å². The van der Waals surface area contributed by atoms with Gasteiger partial charge in [0.15, 0.2) is 12.2 Å². The van der Waals surface area contributed by atoms with E-state index in [1.165, 1.54) is 12.2 Å². The summed E-state index contributed by atoms with van der Waals surface area (Å²) in [4.78, 5) is 45.7. The molecule has 46 heavy (non-hydrogen) atoms. The normalized spacial score (nSPS) is 12.1. The highest BCUT2D eigenvalue weighted by Crippen LogP contribution is 2.20. The Hall–Kier alpha value is -2.71. The quantitative estimate of drug-likeness (QED) is 0.0512. The Balaban J connectivity index is -0.000000312. The first kappa shape index (κ1) is 50.2. The van der Waals surface area contributed by atoms with Gasteiger partial charge in [-0.25, -0.2) is 9.59 Å². The van der Waals surface area contributed by atoms with Crippen LogP contribution in [0.1, 0.15) is 75.7 Å². The van der Waals surface area contributed by atoms with Gasteiger partial charge in [-0.3, -0.25) is 9.59 Å². The number of esters is 3. The molecule has 0 aromatic heterocycles. The van der Waals surface area contributed by atoms with Crippen molar-refractivity contribution in [1.82, 2.24) is 10.5 Å². The van der Waals surface area contributed by atoms with Gasteiger partial charge < -0.3 is 44.9 Å². The van der Waals surface area contributed by atoms with E-state index in [9.17, 15) is 29.3 Å². The molecular weight excluding hydrogens is 598 g/mol. The van der Waals surface area contributed by atoms with Crippen molar-refractivity contribution in [1.29, 1.82) is 0 Å². The molecule has 6 N–H and O–H groups in total. The first-order chi connectivity index (χ1) is 20.5. The van der Waals surface area contributed by atoms with Gasteiger partial charge >= 0.3 is 38.0 Å². The molecule has 0 heterocycles. The molecule has 0 aliphatic heterocycles. The van der Waals surface area contributed by atoms with Crippen molar-refractivity contribution in [3.8, 4) is 0 Å². The third-order valence-electron chi connectivity index (χ3n) is 5.66.